The molecule has 118 valence electrons. The van der Waals surface area contributed by atoms with Crippen LogP contribution in [0, 0.1) is 0 Å². The van der Waals surface area contributed by atoms with E-state index < -0.39 is 0 Å². The van der Waals surface area contributed by atoms with Gasteiger partial charge in [0.25, 0.3) is 0 Å². The van der Waals surface area contributed by atoms with Crippen LogP contribution >= 0.6 is 24.8 Å². The second-order valence-corrected chi connectivity index (χ2v) is 4.48. The van der Waals surface area contributed by atoms with Crippen LogP contribution in [-0.4, -0.2) is 35.9 Å². The minimum atomic E-state index is -0.132. The number of hydrogen-bond donors (Lipinski definition) is 3. The van der Waals surface area contributed by atoms with Crippen molar-refractivity contribution in [2.75, 3.05) is 18.4 Å². The fourth-order valence-electron chi connectivity index (χ4n) is 1.99. The zero-order chi connectivity index (χ0) is 13.5. The maximum Gasteiger partial charge on any atom is 0.237 e. The zero-order valence-corrected chi connectivity index (χ0v) is 13.1. The number of hydrogen-bond acceptors (Lipinski definition) is 4. The van der Waals surface area contributed by atoms with Crippen molar-refractivity contribution in [1.82, 2.24) is 15.6 Å². The molecule has 1 aliphatic rings. The van der Waals surface area contributed by atoms with Gasteiger partial charge in [0.15, 0.2) is 0 Å². The molecule has 8 heteroatoms. The van der Waals surface area contributed by atoms with E-state index >= 15 is 0 Å². The summed E-state index contributed by atoms with van der Waals surface area (Å²) in [4.78, 5) is 27.2. The fraction of sp³-hybridized carbons (Fsp3) is 0.462. The van der Waals surface area contributed by atoms with E-state index in [-0.39, 0.29) is 49.1 Å². The van der Waals surface area contributed by atoms with E-state index in [1.165, 1.54) is 0 Å². The lowest BCUT2D eigenvalue weighted by molar-refractivity contribution is -0.122. The Morgan fingerprint density at radius 3 is 2.81 bits per heavy atom. The molecule has 1 unspecified atom stereocenters. The maximum atomic E-state index is 11.7. The van der Waals surface area contributed by atoms with E-state index in [4.69, 9.17) is 0 Å². The molecular weight excluding hydrogens is 315 g/mol. The van der Waals surface area contributed by atoms with E-state index in [9.17, 15) is 9.59 Å². The Labute approximate surface area is 136 Å². The summed E-state index contributed by atoms with van der Waals surface area (Å²) in [6.45, 7) is 1.24. The number of pyridine rings is 1. The number of halogens is 2. The molecule has 3 N–H and O–H groups in total. The number of carbonyl (C=O) groups excluding carboxylic acids is 2. The van der Waals surface area contributed by atoms with Gasteiger partial charge in [-0.25, -0.2) is 0 Å². The minimum Gasteiger partial charge on any atom is -0.354 e. The van der Waals surface area contributed by atoms with Gasteiger partial charge in [-0.1, -0.05) is 0 Å². The highest BCUT2D eigenvalue weighted by atomic mass is 35.5. The van der Waals surface area contributed by atoms with Crippen molar-refractivity contribution in [2.24, 2.45) is 0 Å². The van der Waals surface area contributed by atoms with E-state index in [1.807, 2.05) is 0 Å². The maximum absolute atomic E-state index is 11.7. The van der Waals surface area contributed by atoms with Gasteiger partial charge in [0.05, 0.1) is 17.9 Å². The molecule has 0 saturated carbocycles. The summed E-state index contributed by atoms with van der Waals surface area (Å²) >= 11 is 0. The van der Waals surface area contributed by atoms with Gasteiger partial charge >= 0.3 is 0 Å². The number of amides is 2. The smallest absolute Gasteiger partial charge is 0.237 e. The van der Waals surface area contributed by atoms with Gasteiger partial charge in [0.1, 0.15) is 0 Å². The molecule has 0 radical (unpaired) electrons. The van der Waals surface area contributed by atoms with Crippen LogP contribution in [0.1, 0.15) is 19.3 Å². The Morgan fingerprint density at radius 1 is 1.38 bits per heavy atom. The molecule has 1 aromatic heterocycles. The molecule has 0 aliphatic carbocycles. The number of nitrogens with one attached hydrogen (secondary N) is 3. The lowest BCUT2D eigenvalue weighted by atomic mass is 10.2. The molecule has 0 aromatic carbocycles. The number of aromatic nitrogens is 1. The topological polar surface area (TPSA) is 83.1 Å². The van der Waals surface area contributed by atoms with Crippen molar-refractivity contribution in [3.63, 3.8) is 0 Å². The van der Waals surface area contributed by atoms with E-state index in [2.05, 4.69) is 20.9 Å². The highest BCUT2D eigenvalue weighted by Crippen LogP contribution is 2.05. The second-order valence-electron chi connectivity index (χ2n) is 4.48. The van der Waals surface area contributed by atoms with Crippen molar-refractivity contribution < 1.29 is 9.59 Å². The third kappa shape index (κ3) is 6.75. The SMILES string of the molecule is Cl.Cl.O=C(CCNC(=O)C1CCCN1)Nc1cccnc1. The molecule has 6 nitrogen and oxygen atoms in total. The molecule has 1 aliphatic heterocycles. The van der Waals surface area contributed by atoms with Crippen LogP contribution in [0.3, 0.4) is 0 Å². The predicted octanol–water partition coefficient (Wildman–Crippen LogP) is 1.12. The molecule has 2 rings (SSSR count). The molecule has 1 atom stereocenters. The van der Waals surface area contributed by atoms with Crippen LogP contribution < -0.4 is 16.0 Å². The third-order valence-electron chi connectivity index (χ3n) is 2.97. The highest BCUT2D eigenvalue weighted by Gasteiger charge is 2.21. The van der Waals surface area contributed by atoms with Crippen molar-refractivity contribution in [2.45, 2.75) is 25.3 Å². The van der Waals surface area contributed by atoms with Crippen LogP contribution in [0.5, 0.6) is 0 Å². The monoisotopic (exact) mass is 334 g/mol. The molecular formula is C13H20Cl2N4O2. The average Bonchev–Trinajstić information content (AvgIpc) is 2.93. The van der Waals surface area contributed by atoms with Crippen LogP contribution in [0.4, 0.5) is 5.69 Å². The highest BCUT2D eigenvalue weighted by molar-refractivity contribution is 5.91. The Morgan fingerprint density at radius 2 is 2.19 bits per heavy atom. The first-order valence-corrected chi connectivity index (χ1v) is 6.46. The summed E-state index contributed by atoms with van der Waals surface area (Å²) in [6.07, 6.45) is 5.38. The summed E-state index contributed by atoms with van der Waals surface area (Å²) in [5.74, 6) is -0.153. The quantitative estimate of drug-likeness (QED) is 0.753. The van der Waals surface area contributed by atoms with Gasteiger partial charge in [0.2, 0.25) is 11.8 Å². The van der Waals surface area contributed by atoms with Gasteiger partial charge in [-0.3, -0.25) is 14.6 Å². The van der Waals surface area contributed by atoms with Gasteiger partial charge in [-0.2, -0.15) is 0 Å². The molecule has 0 bridgehead atoms. The summed E-state index contributed by atoms with van der Waals surface area (Å²) in [5, 5.41) is 8.59. The fourth-order valence-corrected chi connectivity index (χ4v) is 1.99. The first-order valence-electron chi connectivity index (χ1n) is 6.46. The lowest BCUT2D eigenvalue weighted by Crippen LogP contribution is -2.41. The largest absolute Gasteiger partial charge is 0.354 e. The average molecular weight is 335 g/mol. The Kier molecular flexibility index (Phi) is 9.69. The first kappa shape index (κ1) is 19.6. The van der Waals surface area contributed by atoms with Crippen LogP contribution in [-0.2, 0) is 9.59 Å². The number of rotatable bonds is 5. The van der Waals surface area contributed by atoms with Gasteiger partial charge in [0, 0.05) is 19.2 Å². The number of anilines is 1. The second kappa shape index (κ2) is 10.4. The Bertz CT molecular complexity index is 439. The summed E-state index contributed by atoms with van der Waals surface area (Å²) < 4.78 is 0. The van der Waals surface area contributed by atoms with Gasteiger partial charge in [-0.05, 0) is 31.5 Å². The number of nitrogens with zero attached hydrogens (tertiary/aromatic N) is 1. The van der Waals surface area contributed by atoms with E-state index in [1.54, 1.807) is 24.5 Å². The van der Waals surface area contributed by atoms with Crippen LogP contribution in [0.15, 0.2) is 24.5 Å². The zero-order valence-electron chi connectivity index (χ0n) is 11.5. The number of carbonyl (C=O) groups is 2. The molecule has 0 spiro atoms. The Hall–Kier alpha value is -1.37. The van der Waals surface area contributed by atoms with Crippen LogP contribution in [0.2, 0.25) is 0 Å². The summed E-state index contributed by atoms with van der Waals surface area (Å²) in [6, 6.07) is 3.43. The van der Waals surface area contributed by atoms with Crippen molar-refractivity contribution >= 4 is 42.3 Å². The standard InChI is InChI=1S/C13H18N4O2.2ClH/c18-12(17-10-3-1-6-14-9-10)5-8-16-13(19)11-4-2-7-15-11;;/h1,3,6,9,11,15H,2,4-5,7-8H2,(H,16,19)(H,17,18);2*1H. The summed E-state index contributed by atoms with van der Waals surface area (Å²) in [5.41, 5.74) is 0.663. The molecule has 21 heavy (non-hydrogen) atoms. The predicted molar refractivity (Wildman–Crippen MR) is 86.0 cm³/mol. The van der Waals surface area contributed by atoms with E-state index in [0.29, 0.717) is 12.2 Å². The molecule has 2 heterocycles. The minimum absolute atomic E-state index is 0. The normalized spacial score (nSPS) is 16.3. The summed E-state index contributed by atoms with van der Waals surface area (Å²) in [7, 11) is 0. The van der Waals surface area contributed by atoms with Crippen molar-refractivity contribution in [1.29, 1.82) is 0 Å². The van der Waals surface area contributed by atoms with Gasteiger partial charge < -0.3 is 16.0 Å². The Balaban J connectivity index is 0.00000200. The van der Waals surface area contributed by atoms with E-state index in [0.717, 1.165) is 19.4 Å². The van der Waals surface area contributed by atoms with Crippen LogP contribution in [0.25, 0.3) is 0 Å². The van der Waals surface area contributed by atoms with Crippen molar-refractivity contribution in [3.05, 3.63) is 24.5 Å². The molecule has 1 aromatic rings. The molecule has 1 saturated heterocycles. The molecule has 2 amide bonds. The van der Waals surface area contributed by atoms with Gasteiger partial charge in [-0.15, -0.1) is 24.8 Å². The third-order valence-corrected chi connectivity index (χ3v) is 2.97. The van der Waals surface area contributed by atoms with Crippen molar-refractivity contribution in [3.8, 4) is 0 Å². The first-order chi connectivity index (χ1) is 9.25. The lowest BCUT2D eigenvalue weighted by Gasteiger charge is -2.10. The molecule has 1 fully saturated rings.